The summed E-state index contributed by atoms with van der Waals surface area (Å²) >= 11 is 0. The Balaban J connectivity index is 2.11. The van der Waals surface area contributed by atoms with Crippen molar-refractivity contribution in [1.82, 2.24) is 0 Å². The van der Waals surface area contributed by atoms with Gasteiger partial charge in [0.1, 0.15) is 12.4 Å². The van der Waals surface area contributed by atoms with Crippen LogP contribution in [0.25, 0.3) is 0 Å². The largest absolute Gasteiger partial charge is 0.493 e. The van der Waals surface area contributed by atoms with Crippen LogP contribution >= 0.6 is 0 Å². The van der Waals surface area contributed by atoms with Crippen LogP contribution in [0.4, 0.5) is 0 Å². The SMILES string of the molecule is COc1cc(C)c(COc2ccc(CN)cc2)cc1OC. The lowest BCUT2D eigenvalue weighted by atomic mass is 10.1. The first-order valence-electron chi connectivity index (χ1n) is 6.81. The zero-order valence-corrected chi connectivity index (χ0v) is 12.7. The molecule has 0 aliphatic carbocycles. The van der Waals surface area contributed by atoms with Gasteiger partial charge in [0.05, 0.1) is 14.2 Å². The highest BCUT2D eigenvalue weighted by Gasteiger charge is 2.09. The summed E-state index contributed by atoms with van der Waals surface area (Å²) < 4.78 is 16.4. The molecular weight excluding hydrogens is 266 g/mol. The Bertz CT molecular complexity index is 594. The third-order valence-electron chi connectivity index (χ3n) is 3.40. The van der Waals surface area contributed by atoms with Crippen LogP contribution in [0.5, 0.6) is 17.2 Å². The lowest BCUT2D eigenvalue weighted by Crippen LogP contribution is -2.01. The number of rotatable bonds is 6. The average Bonchev–Trinajstić information content (AvgIpc) is 2.53. The van der Waals surface area contributed by atoms with Gasteiger partial charge in [-0.1, -0.05) is 12.1 Å². The number of ether oxygens (including phenoxy) is 3. The predicted molar refractivity (Wildman–Crippen MR) is 82.9 cm³/mol. The molecule has 2 N–H and O–H groups in total. The Morgan fingerprint density at radius 2 is 1.57 bits per heavy atom. The summed E-state index contributed by atoms with van der Waals surface area (Å²) in [4.78, 5) is 0. The molecule has 0 saturated heterocycles. The fraction of sp³-hybridized carbons (Fsp3) is 0.294. The molecule has 0 spiro atoms. The van der Waals surface area contributed by atoms with Crippen molar-refractivity contribution in [3.63, 3.8) is 0 Å². The molecule has 2 aromatic rings. The van der Waals surface area contributed by atoms with E-state index in [2.05, 4.69) is 0 Å². The molecule has 0 radical (unpaired) electrons. The molecule has 0 aliphatic rings. The van der Waals surface area contributed by atoms with Crippen molar-refractivity contribution in [2.75, 3.05) is 14.2 Å². The topological polar surface area (TPSA) is 53.7 Å². The van der Waals surface area contributed by atoms with Gasteiger partial charge in [0, 0.05) is 6.54 Å². The molecule has 0 atom stereocenters. The van der Waals surface area contributed by atoms with E-state index in [-0.39, 0.29) is 0 Å². The van der Waals surface area contributed by atoms with Gasteiger partial charge >= 0.3 is 0 Å². The predicted octanol–water partition coefficient (Wildman–Crippen LogP) is 3.05. The summed E-state index contributed by atoms with van der Waals surface area (Å²) in [5, 5.41) is 0. The second-order valence-corrected chi connectivity index (χ2v) is 4.77. The Morgan fingerprint density at radius 3 is 2.14 bits per heavy atom. The normalized spacial score (nSPS) is 10.3. The molecule has 0 saturated carbocycles. The molecule has 0 heterocycles. The van der Waals surface area contributed by atoms with Gasteiger partial charge in [-0.05, 0) is 47.9 Å². The van der Waals surface area contributed by atoms with Crippen molar-refractivity contribution >= 4 is 0 Å². The van der Waals surface area contributed by atoms with E-state index in [4.69, 9.17) is 19.9 Å². The molecule has 0 bridgehead atoms. The lowest BCUT2D eigenvalue weighted by molar-refractivity contribution is 0.303. The van der Waals surface area contributed by atoms with Crippen LogP contribution in [0.1, 0.15) is 16.7 Å². The second-order valence-electron chi connectivity index (χ2n) is 4.77. The summed E-state index contributed by atoms with van der Waals surface area (Å²) in [6.07, 6.45) is 0. The number of benzene rings is 2. The standard InChI is InChI=1S/C17H21NO3/c1-12-8-16(19-2)17(20-3)9-14(12)11-21-15-6-4-13(10-18)5-7-15/h4-9H,10-11,18H2,1-3H3. The minimum absolute atomic E-state index is 0.480. The van der Waals surface area contributed by atoms with Crippen LogP contribution in [0.2, 0.25) is 0 Å². The minimum atomic E-state index is 0.480. The maximum absolute atomic E-state index is 5.81. The van der Waals surface area contributed by atoms with E-state index in [1.54, 1.807) is 14.2 Å². The van der Waals surface area contributed by atoms with Crippen molar-refractivity contribution < 1.29 is 14.2 Å². The summed E-state index contributed by atoms with van der Waals surface area (Å²) in [7, 11) is 3.26. The van der Waals surface area contributed by atoms with Gasteiger partial charge in [0.25, 0.3) is 0 Å². The highest BCUT2D eigenvalue weighted by molar-refractivity contribution is 5.47. The quantitative estimate of drug-likeness (QED) is 0.887. The molecule has 21 heavy (non-hydrogen) atoms. The summed E-state index contributed by atoms with van der Waals surface area (Å²) in [5.41, 5.74) is 8.83. The van der Waals surface area contributed by atoms with E-state index in [0.717, 1.165) is 28.2 Å². The molecule has 0 amide bonds. The van der Waals surface area contributed by atoms with Crippen molar-refractivity contribution in [3.05, 3.63) is 53.1 Å². The van der Waals surface area contributed by atoms with Gasteiger partial charge in [0.15, 0.2) is 11.5 Å². The zero-order chi connectivity index (χ0) is 15.2. The van der Waals surface area contributed by atoms with Gasteiger partial charge in [-0.25, -0.2) is 0 Å². The minimum Gasteiger partial charge on any atom is -0.493 e. The van der Waals surface area contributed by atoms with Crippen LogP contribution in [0.3, 0.4) is 0 Å². The first-order valence-corrected chi connectivity index (χ1v) is 6.81. The molecule has 0 fully saturated rings. The summed E-state index contributed by atoms with van der Waals surface area (Å²) in [6.45, 7) is 3.04. The molecule has 112 valence electrons. The van der Waals surface area contributed by atoms with Crippen molar-refractivity contribution in [1.29, 1.82) is 0 Å². The van der Waals surface area contributed by atoms with Gasteiger partial charge in [-0.3, -0.25) is 0 Å². The number of methoxy groups -OCH3 is 2. The van der Waals surface area contributed by atoms with Crippen molar-refractivity contribution in [2.24, 2.45) is 5.73 Å². The maximum atomic E-state index is 5.81. The van der Waals surface area contributed by atoms with Crippen LogP contribution in [0.15, 0.2) is 36.4 Å². The third-order valence-corrected chi connectivity index (χ3v) is 3.40. The maximum Gasteiger partial charge on any atom is 0.161 e. The molecule has 0 aromatic heterocycles. The molecule has 0 aliphatic heterocycles. The van der Waals surface area contributed by atoms with Gasteiger partial charge in [0.2, 0.25) is 0 Å². The number of nitrogens with two attached hydrogens (primary N) is 1. The molecule has 4 heteroatoms. The van der Waals surface area contributed by atoms with E-state index >= 15 is 0 Å². The number of aryl methyl sites for hydroxylation is 1. The monoisotopic (exact) mass is 287 g/mol. The van der Waals surface area contributed by atoms with E-state index in [9.17, 15) is 0 Å². The smallest absolute Gasteiger partial charge is 0.161 e. The molecular formula is C17H21NO3. The van der Waals surface area contributed by atoms with Gasteiger partial charge in [-0.15, -0.1) is 0 Å². The second kappa shape index (κ2) is 6.99. The Morgan fingerprint density at radius 1 is 0.952 bits per heavy atom. The van der Waals surface area contributed by atoms with Crippen molar-refractivity contribution in [3.8, 4) is 17.2 Å². The molecule has 2 rings (SSSR count). The third kappa shape index (κ3) is 3.67. The Hall–Kier alpha value is -2.20. The van der Waals surface area contributed by atoms with Crippen LogP contribution < -0.4 is 19.9 Å². The van der Waals surface area contributed by atoms with Crippen LogP contribution in [0, 0.1) is 6.92 Å². The Kier molecular flexibility index (Phi) is 5.06. The number of hydrogen-bond donors (Lipinski definition) is 1. The first-order chi connectivity index (χ1) is 10.2. The first kappa shape index (κ1) is 15.2. The molecule has 0 unspecified atom stereocenters. The van der Waals surface area contributed by atoms with E-state index < -0.39 is 0 Å². The van der Waals surface area contributed by atoms with Gasteiger partial charge in [-0.2, -0.15) is 0 Å². The fourth-order valence-corrected chi connectivity index (χ4v) is 2.06. The van der Waals surface area contributed by atoms with E-state index in [1.807, 2.05) is 43.3 Å². The summed E-state index contributed by atoms with van der Waals surface area (Å²) in [6, 6.07) is 11.7. The zero-order valence-electron chi connectivity index (χ0n) is 12.7. The number of hydrogen-bond acceptors (Lipinski definition) is 4. The Labute approximate surface area is 125 Å². The van der Waals surface area contributed by atoms with Crippen molar-refractivity contribution in [2.45, 2.75) is 20.1 Å². The highest BCUT2D eigenvalue weighted by Crippen LogP contribution is 2.30. The fourth-order valence-electron chi connectivity index (χ4n) is 2.06. The van der Waals surface area contributed by atoms with Crippen LogP contribution in [-0.4, -0.2) is 14.2 Å². The molecule has 4 nitrogen and oxygen atoms in total. The summed E-state index contributed by atoms with van der Waals surface area (Å²) in [5.74, 6) is 2.26. The van der Waals surface area contributed by atoms with E-state index in [0.29, 0.717) is 18.9 Å². The van der Waals surface area contributed by atoms with Crippen LogP contribution in [-0.2, 0) is 13.2 Å². The lowest BCUT2D eigenvalue weighted by Gasteiger charge is -2.13. The van der Waals surface area contributed by atoms with E-state index in [1.165, 1.54) is 0 Å². The molecule has 2 aromatic carbocycles. The average molecular weight is 287 g/mol. The highest BCUT2D eigenvalue weighted by atomic mass is 16.5. The van der Waals surface area contributed by atoms with Gasteiger partial charge < -0.3 is 19.9 Å².